The van der Waals surface area contributed by atoms with Crippen LogP contribution in [0.4, 0.5) is 0 Å². The van der Waals surface area contributed by atoms with E-state index in [9.17, 15) is 4.79 Å². The van der Waals surface area contributed by atoms with Gasteiger partial charge in [0.2, 0.25) is 0 Å². The van der Waals surface area contributed by atoms with Crippen molar-refractivity contribution in [2.45, 2.75) is 25.3 Å². The molecule has 0 unspecified atom stereocenters. The van der Waals surface area contributed by atoms with Crippen molar-refractivity contribution in [3.63, 3.8) is 0 Å². The summed E-state index contributed by atoms with van der Waals surface area (Å²) >= 11 is 0. The maximum absolute atomic E-state index is 11.8. The van der Waals surface area contributed by atoms with Crippen molar-refractivity contribution in [2.24, 2.45) is 0 Å². The molecule has 0 saturated heterocycles. The largest absolute Gasteiger partial charge is 0.348 e. The Balaban J connectivity index is 0.00000133. The van der Waals surface area contributed by atoms with E-state index in [1.54, 1.807) is 6.20 Å². The zero-order chi connectivity index (χ0) is 12.4. The fourth-order valence-electron chi connectivity index (χ4n) is 2.09. The first-order valence-corrected chi connectivity index (χ1v) is 6.50. The van der Waals surface area contributed by atoms with E-state index < -0.39 is 0 Å². The van der Waals surface area contributed by atoms with Gasteiger partial charge in [0.1, 0.15) is 5.69 Å². The van der Waals surface area contributed by atoms with Crippen molar-refractivity contribution >= 4 is 23.9 Å². The predicted octanol–water partition coefficient (Wildman–Crippen LogP) is 1.77. The lowest BCUT2D eigenvalue weighted by Crippen LogP contribution is -2.26. The molecular weight excluding hydrogens is 262 g/mol. The third-order valence-electron chi connectivity index (χ3n) is 3.34. The fraction of sp³-hybridized carbons (Fsp3) is 0.429. The standard InChI is InChI=1S/C14H17N3O.ClH/c18-14(17-12-2-3-12)13-4-1-11(9-16-13)10-5-7-15-8-6-10;/h1,4-5,9,12,15H,2-3,6-8H2,(H,17,18);1H. The van der Waals surface area contributed by atoms with Crippen molar-refractivity contribution in [1.82, 2.24) is 15.6 Å². The van der Waals surface area contributed by atoms with Crippen LogP contribution in [0.3, 0.4) is 0 Å². The minimum absolute atomic E-state index is 0. The lowest BCUT2D eigenvalue weighted by atomic mass is 10.0. The fourth-order valence-corrected chi connectivity index (χ4v) is 2.09. The number of hydrogen-bond donors (Lipinski definition) is 2. The van der Waals surface area contributed by atoms with Gasteiger partial charge in [-0.15, -0.1) is 12.4 Å². The molecule has 2 aliphatic rings. The molecule has 3 rings (SSSR count). The third kappa shape index (κ3) is 3.55. The van der Waals surface area contributed by atoms with E-state index in [0.717, 1.165) is 37.9 Å². The van der Waals surface area contributed by atoms with E-state index in [0.29, 0.717) is 11.7 Å². The van der Waals surface area contributed by atoms with Crippen LogP contribution in [0.1, 0.15) is 35.3 Å². The van der Waals surface area contributed by atoms with E-state index in [4.69, 9.17) is 0 Å². The summed E-state index contributed by atoms with van der Waals surface area (Å²) in [7, 11) is 0. The van der Waals surface area contributed by atoms with Crippen molar-refractivity contribution in [3.8, 4) is 0 Å². The van der Waals surface area contributed by atoms with Gasteiger partial charge < -0.3 is 10.6 Å². The van der Waals surface area contributed by atoms with Crippen LogP contribution < -0.4 is 10.6 Å². The minimum Gasteiger partial charge on any atom is -0.348 e. The molecule has 0 radical (unpaired) electrons. The molecule has 1 aromatic heterocycles. The monoisotopic (exact) mass is 279 g/mol. The molecule has 1 fully saturated rings. The Morgan fingerprint density at radius 3 is 2.79 bits per heavy atom. The summed E-state index contributed by atoms with van der Waals surface area (Å²) in [6, 6.07) is 4.19. The molecule has 0 atom stereocenters. The number of carbonyl (C=O) groups is 1. The number of aromatic nitrogens is 1. The summed E-state index contributed by atoms with van der Waals surface area (Å²) in [6.45, 7) is 1.93. The summed E-state index contributed by atoms with van der Waals surface area (Å²) in [5.74, 6) is -0.0525. The molecule has 1 aliphatic heterocycles. The first-order valence-electron chi connectivity index (χ1n) is 6.50. The van der Waals surface area contributed by atoms with E-state index in [-0.39, 0.29) is 18.3 Å². The molecule has 4 nitrogen and oxygen atoms in total. The van der Waals surface area contributed by atoms with Crippen molar-refractivity contribution in [2.75, 3.05) is 13.1 Å². The van der Waals surface area contributed by atoms with E-state index in [1.165, 1.54) is 5.57 Å². The average Bonchev–Trinajstić information content (AvgIpc) is 3.24. The first kappa shape index (κ1) is 14.0. The van der Waals surface area contributed by atoms with Gasteiger partial charge in [-0.2, -0.15) is 0 Å². The van der Waals surface area contributed by atoms with Crippen molar-refractivity contribution < 1.29 is 4.79 Å². The molecule has 0 bridgehead atoms. The summed E-state index contributed by atoms with van der Waals surface area (Å²) in [6.07, 6.45) is 7.21. The van der Waals surface area contributed by atoms with Gasteiger partial charge in [-0.1, -0.05) is 12.1 Å². The Hall–Kier alpha value is -1.39. The number of halogens is 1. The van der Waals surface area contributed by atoms with Crippen LogP contribution in [0.5, 0.6) is 0 Å². The molecule has 1 aromatic rings. The Morgan fingerprint density at radius 1 is 1.37 bits per heavy atom. The molecule has 2 N–H and O–H groups in total. The quantitative estimate of drug-likeness (QED) is 0.887. The van der Waals surface area contributed by atoms with Crippen LogP contribution in [0.15, 0.2) is 24.4 Å². The smallest absolute Gasteiger partial charge is 0.270 e. The maximum Gasteiger partial charge on any atom is 0.270 e. The van der Waals surface area contributed by atoms with Crippen LogP contribution >= 0.6 is 12.4 Å². The zero-order valence-electron chi connectivity index (χ0n) is 10.7. The molecule has 2 heterocycles. The number of carbonyl (C=O) groups excluding carboxylic acids is 1. The maximum atomic E-state index is 11.8. The second-order valence-electron chi connectivity index (χ2n) is 4.86. The molecule has 1 aliphatic carbocycles. The highest BCUT2D eigenvalue weighted by atomic mass is 35.5. The Kier molecular flexibility index (Phi) is 4.56. The van der Waals surface area contributed by atoms with E-state index in [1.807, 2.05) is 12.1 Å². The molecule has 102 valence electrons. The van der Waals surface area contributed by atoms with Gasteiger partial charge in [0, 0.05) is 18.8 Å². The number of hydrogen-bond acceptors (Lipinski definition) is 3. The van der Waals surface area contributed by atoms with Gasteiger partial charge in [0.15, 0.2) is 0 Å². The van der Waals surface area contributed by atoms with Gasteiger partial charge in [-0.25, -0.2) is 0 Å². The number of nitrogens with one attached hydrogen (secondary N) is 2. The Bertz CT molecular complexity index is 480. The highest BCUT2D eigenvalue weighted by Crippen LogP contribution is 2.20. The molecular formula is C14H18ClN3O. The summed E-state index contributed by atoms with van der Waals surface area (Å²) in [4.78, 5) is 16.0. The predicted molar refractivity (Wildman–Crippen MR) is 77.4 cm³/mol. The van der Waals surface area contributed by atoms with Gasteiger partial charge in [0.25, 0.3) is 5.91 Å². The second-order valence-corrected chi connectivity index (χ2v) is 4.86. The van der Waals surface area contributed by atoms with Gasteiger partial charge in [-0.3, -0.25) is 9.78 Å². The van der Waals surface area contributed by atoms with Gasteiger partial charge in [0.05, 0.1) is 0 Å². The Labute approximate surface area is 119 Å². The number of amides is 1. The average molecular weight is 280 g/mol. The van der Waals surface area contributed by atoms with Gasteiger partial charge >= 0.3 is 0 Å². The molecule has 1 saturated carbocycles. The molecule has 0 spiro atoms. The summed E-state index contributed by atoms with van der Waals surface area (Å²) < 4.78 is 0. The zero-order valence-corrected chi connectivity index (χ0v) is 11.5. The molecule has 1 amide bonds. The lowest BCUT2D eigenvalue weighted by molar-refractivity contribution is 0.0946. The summed E-state index contributed by atoms with van der Waals surface area (Å²) in [5.41, 5.74) is 2.95. The topological polar surface area (TPSA) is 54.0 Å². The van der Waals surface area contributed by atoms with Crippen LogP contribution in [-0.4, -0.2) is 30.0 Å². The third-order valence-corrected chi connectivity index (χ3v) is 3.34. The SMILES string of the molecule is Cl.O=C(NC1CC1)c1ccc(C2=CCNCC2)cn1. The summed E-state index contributed by atoms with van der Waals surface area (Å²) in [5, 5.41) is 6.22. The van der Waals surface area contributed by atoms with Crippen LogP contribution in [0, 0.1) is 0 Å². The van der Waals surface area contributed by atoms with Crippen molar-refractivity contribution in [1.29, 1.82) is 0 Å². The molecule has 0 aromatic carbocycles. The highest BCUT2D eigenvalue weighted by Gasteiger charge is 2.24. The van der Waals surface area contributed by atoms with Crippen LogP contribution in [-0.2, 0) is 0 Å². The number of rotatable bonds is 3. The van der Waals surface area contributed by atoms with Crippen LogP contribution in [0.25, 0.3) is 5.57 Å². The Morgan fingerprint density at radius 2 is 2.21 bits per heavy atom. The van der Waals surface area contributed by atoms with Crippen LogP contribution in [0.2, 0.25) is 0 Å². The van der Waals surface area contributed by atoms with Crippen molar-refractivity contribution in [3.05, 3.63) is 35.7 Å². The molecule has 5 heteroatoms. The first-order chi connectivity index (χ1) is 8.83. The van der Waals surface area contributed by atoms with E-state index in [2.05, 4.69) is 21.7 Å². The second kappa shape index (κ2) is 6.17. The number of pyridine rings is 1. The lowest BCUT2D eigenvalue weighted by Gasteiger charge is -2.14. The molecule has 19 heavy (non-hydrogen) atoms. The highest BCUT2D eigenvalue weighted by molar-refractivity contribution is 5.92. The van der Waals surface area contributed by atoms with Gasteiger partial charge in [-0.05, 0) is 43.0 Å². The minimum atomic E-state index is -0.0525. The normalized spacial score (nSPS) is 18.2. The number of nitrogens with zero attached hydrogens (tertiary/aromatic N) is 1. The van der Waals surface area contributed by atoms with E-state index >= 15 is 0 Å².